The Labute approximate surface area is 124 Å². The van der Waals surface area contributed by atoms with Gasteiger partial charge < -0.3 is 15.2 Å². The highest BCUT2D eigenvalue weighted by molar-refractivity contribution is 5.95. The zero-order valence-electron chi connectivity index (χ0n) is 12.3. The number of ether oxygens (including phenoxy) is 1. The zero-order chi connectivity index (χ0) is 15.4. The van der Waals surface area contributed by atoms with Crippen molar-refractivity contribution in [3.8, 4) is 0 Å². The van der Waals surface area contributed by atoms with Gasteiger partial charge in [0.1, 0.15) is 0 Å². The summed E-state index contributed by atoms with van der Waals surface area (Å²) in [4.78, 5) is 24.2. The van der Waals surface area contributed by atoms with E-state index in [9.17, 15) is 9.59 Å². The average Bonchev–Trinajstić information content (AvgIpc) is 2.46. The minimum Gasteiger partial charge on any atom is -0.448 e. The minimum atomic E-state index is -0.799. The first-order valence-electron chi connectivity index (χ1n) is 7.23. The third-order valence-electron chi connectivity index (χ3n) is 3.76. The second kappa shape index (κ2) is 6.72. The van der Waals surface area contributed by atoms with Crippen molar-refractivity contribution >= 4 is 11.9 Å². The number of carbonyl (C=O) groups is 2. The molecule has 1 amide bonds. The topological polar surface area (TPSA) is 75.6 Å². The molecular weight excluding hydrogens is 270 g/mol. The lowest BCUT2D eigenvalue weighted by atomic mass is 9.97. The average molecular weight is 291 g/mol. The van der Waals surface area contributed by atoms with E-state index in [1.54, 1.807) is 12.1 Å². The lowest BCUT2D eigenvalue weighted by Gasteiger charge is -2.27. The Balaban J connectivity index is 2.06. The van der Waals surface area contributed by atoms with Crippen LogP contribution in [0.2, 0.25) is 0 Å². The van der Waals surface area contributed by atoms with E-state index in [1.165, 1.54) is 0 Å². The van der Waals surface area contributed by atoms with Crippen LogP contribution in [0.5, 0.6) is 0 Å². The van der Waals surface area contributed by atoms with Crippen LogP contribution in [0, 0.1) is 5.92 Å². The fraction of sp³-hybridized carbons (Fsp3) is 0.500. The Bertz CT molecular complexity index is 527. The highest BCUT2D eigenvalue weighted by Crippen LogP contribution is 2.21. The van der Waals surface area contributed by atoms with Crippen LogP contribution in [-0.2, 0) is 16.0 Å². The monoisotopic (exact) mass is 291 g/mol. The van der Waals surface area contributed by atoms with E-state index >= 15 is 0 Å². The maximum Gasteiger partial charge on any atom is 0.339 e. The molecule has 5 heteroatoms. The number of amides is 1. The molecule has 0 unspecified atom stereocenters. The molecule has 1 heterocycles. The fourth-order valence-electron chi connectivity index (χ4n) is 2.46. The maximum atomic E-state index is 12.3. The number of benzene rings is 1. The lowest BCUT2D eigenvalue weighted by Crippen LogP contribution is -2.47. The van der Waals surface area contributed by atoms with E-state index < -0.39 is 12.1 Å². The second-order valence-corrected chi connectivity index (χ2v) is 5.63. The molecule has 114 valence electrons. The Morgan fingerprint density at radius 2 is 2.14 bits per heavy atom. The van der Waals surface area contributed by atoms with Gasteiger partial charge in [-0.15, -0.1) is 0 Å². The molecule has 0 aromatic heterocycles. The van der Waals surface area contributed by atoms with Crippen molar-refractivity contribution in [2.45, 2.75) is 38.8 Å². The number of hydrogen-bond donors (Lipinski definition) is 2. The zero-order valence-corrected chi connectivity index (χ0v) is 12.3. The Morgan fingerprint density at radius 3 is 2.81 bits per heavy atom. The number of aliphatic hydroxyl groups excluding tert-OH is 1. The molecule has 0 saturated carbocycles. The maximum absolute atomic E-state index is 12.3. The molecule has 5 nitrogen and oxygen atoms in total. The summed E-state index contributed by atoms with van der Waals surface area (Å²) in [5, 5.41) is 11.9. The summed E-state index contributed by atoms with van der Waals surface area (Å²) >= 11 is 0. The Hall–Kier alpha value is -1.88. The smallest absolute Gasteiger partial charge is 0.339 e. The molecule has 0 radical (unpaired) electrons. The predicted octanol–water partition coefficient (Wildman–Crippen LogP) is 1.29. The number of aliphatic hydroxyl groups is 1. The van der Waals surface area contributed by atoms with Gasteiger partial charge in [-0.05, 0) is 24.0 Å². The molecule has 1 aliphatic heterocycles. The summed E-state index contributed by atoms with van der Waals surface area (Å²) in [5.41, 5.74) is 1.36. The van der Waals surface area contributed by atoms with Crippen molar-refractivity contribution in [3.05, 3.63) is 35.4 Å². The van der Waals surface area contributed by atoms with Crippen molar-refractivity contribution in [3.63, 3.8) is 0 Å². The van der Waals surface area contributed by atoms with Crippen molar-refractivity contribution in [2.75, 3.05) is 6.61 Å². The summed E-state index contributed by atoms with van der Waals surface area (Å²) in [6.45, 7) is 3.96. The van der Waals surface area contributed by atoms with Gasteiger partial charge in [-0.25, -0.2) is 4.79 Å². The van der Waals surface area contributed by atoms with E-state index in [1.807, 2.05) is 26.0 Å². The van der Waals surface area contributed by atoms with E-state index in [0.29, 0.717) is 18.4 Å². The van der Waals surface area contributed by atoms with Crippen LogP contribution >= 0.6 is 0 Å². The molecule has 0 aliphatic carbocycles. The van der Waals surface area contributed by atoms with E-state index in [2.05, 4.69) is 5.32 Å². The van der Waals surface area contributed by atoms with Gasteiger partial charge in [-0.2, -0.15) is 0 Å². The van der Waals surface area contributed by atoms with Crippen molar-refractivity contribution in [2.24, 2.45) is 5.92 Å². The summed E-state index contributed by atoms with van der Waals surface area (Å²) in [6.07, 6.45) is 0.0746. The SMILES string of the molecule is CC(C)[C@H](CCO)NC(=O)[C@H]1Cc2ccccc2C(=O)O1. The normalized spacial score (nSPS) is 18.9. The molecule has 1 aliphatic rings. The van der Waals surface area contributed by atoms with Crippen LogP contribution in [0.15, 0.2) is 24.3 Å². The second-order valence-electron chi connectivity index (χ2n) is 5.63. The molecule has 0 spiro atoms. The predicted molar refractivity (Wildman–Crippen MR) is 77.8 cm³/mol. The van der Waals surface area contributed by atoms with E-state index in [-0.39, 0.29) is 24.5 Å². The van der Waals surface area contributed by atoms with Crippen molar-refractivity contribution in [1.82, 2.24) is 5.32 Å². The number of fused-ring (bicyclic) bond motifs is 1. The van der Waals surface area contributed by atoms with Gasteiger partial charge in [0.25, 0.3) is 5.91 Å². The fourth-order valence-corrected chi connectivity index (χ4v) is 2.46. The van der Waals surface area contributed by atoms with Crippen LogP contribution in [0.3, 0.4) is 0 Å². The molecule has 0 fully saturated rings. The summed E-state index contributed by atoms with van der Waals surface area (Å²) < 4.78 is 5.22. The van der Waals surface area contributed by atoms with Gasteiger partial charge in [0.05, 0.1) is 5.56 Å². The first-order valence-corrected chi connectivity index (χ1v) is 7.23. The van der Waals surface area contributed by atoms with Crippen LogP contribution in [0.1, 0.15) is 36.2 Å². The number of esters is 1. The molecule has 1 aromatic rings. The number of rotatable bonds is 5. The lowest BCUT2D eigenvalue weighted by molar-refractivity contribution is -0.131. The van der Waals surface area contributed by atoms with Gasteiger partial charge >= 0.3 is 5.97 Å². The summed E-state index contributed by atoms with van der Waals surface area (Å²) in [5.74, 6) is -0.557. The van der Waals surface area contributed by atoms with Gasteiger partial charge in [-0.3, -0.25) is 4.79 Å². The number of cyclic esters (lactones) is 1. The molecule has 2 N–H and O–H groups in total. The van der Waals surface area contributed by atoms with E-state index in [4.69, 9.17) is 9.84 Å². The largest absolute Gasteiger partial charge is 0.448 e. The number of nitrogens with one attached hydrogen (secondary N) is 1. The molecule has 1 aromatic carbocycles. The van der Waals surface area contributed by atoms with Crippen LogP contribution in [-0.4, -0.2) is 35.7 Å². The Kier molecular flexibility index (Phi) is 4.96. The Morgan fingerprint density at radius 1 is 1.43 bits per heavy atom. The van der Waals surface area contributed by atoms with Crippen molar-refractivity contribution < 1.29 is 19.4 Å². The molecule has 2 atom stereocenters. The van der Waals surface area contributed by atoms with Crippen LogP contribution in [0.4, 0.5) is 0 Å². The van der Waals surface area contributed by atoms with Gasteiger partial charge in [0.2, 0.25) is 0 Å². The molecule has 0 saturated heterocycles. The number of carbonyl (C=O) groups excluding carboxylic acids is 2. The molecular formula is C16H21NO4. The van der Waals surface area contributed by atoms with E-state index in [0.717, 1.165) is 5.56 Å². The van der Waals surface area contributed by atoms with Gasteiger partial charge in [0.15, 0.2) is 6.10 Å². The summed E-state index contributed by atoms with van der Waals surface area (Å²) in [7, 11) is 0. The molecule has 21 heavy (non-hydrogen) atoms. The highest BCUT2D eigenvalue weighted by Gasteiger charge is 2.32. The highest BCUT2D eigenvalue weighted by atomic mass is 16.5. The standard InChI is InChI=1S/C16H21NO4/c1-10(2)13(7-8-18)17-15(19)14-9-11-5-3-4-6-12(11)16(20)21-14/h3-6,10,13-14,18H,7-9H2,1-2H3,(H,17,19)/t13-,14+/m0/s1. The van der Waals surface area contributed by atoms with Crippen LogP contribution in [0.25, 0.3) is 0 Å². The third kappa shape index (κ3) is 3.61. The van der Waals surface area contributed by atoms with Gasteiger partial charge in [0, 0.05) is 19.1 Å². The first kappa shape index (κ1) is 15.5. The quantitative estimate of drug-likeness (QED) is 0.802. The van der Waals surface area contributed by atoms with Gasteiger partial charge in [-0.1, -0.05) is 32.0 Å². The van der Waals surface area contributed by atoms with Crippen LogP contribution < -0.4 is 5.32 Å². The third-order valence-corrected chi connectivity index (χ3v) is 3.76. The summed E-state index contributed by atoms with van der Waals surface area (Å²) in [6, 6.07) is 7.03. The molecule has 0 bridgehead atoms. The van der Waals surface area contributed by atoms with Crippen molar-refractivity contribution in [1.29, 1.82) is 0 Å². The number of hydrogen-bond acceptors (Lipinski definition) is 4. The first-order chi connectivity index (χ1) is 10.0. The minimum absolute atomic E-state index is 0.0103. The molecule has 2 rings (SSSR count).